The third-order valence-electron chi connectivity index (χ3n) is 5.55. The van der Waals surface area contributed by atoms with E-state index in [1.807, 2.05) is 0 Å². The summed E-state index contributed by atoms with van der Waals surface area (Å²) in [6, 6.07) is -5.00. The molecule has 4 unspecified atom stereocenters. The van der Waals surface area contributed by atoms with Gasteiger partial charge < -0.3 is 48.2 Å². The van der Waals surface area contributed by atoms with Gasteiger partial charge in [-0.2, -0.15) is 0 Å². The number of carboxylic acid groups (broad SMARTS) is 1. The molecule has 2 aromatic heterocycles. The lowest BCUT2D eigenvalue weighted by Crippen LogP contribution is -2.58. The standard InChI is InChI=1S/C22H34N10O6/c23-4-2-1-3-14(24)19(34)30-16(7-18(25)33)21(36)31-15(5-12-8-26-10-28-12)20(35)32-17(22(37)38)6-13-9-27-11-29-13/h8-11,14-17H,1-7,23-24H2,(H2,25,33)(H,26,28)(H,27,29)(H,30,34)(H,31,36)(H,32,35)(H,37,38). The maximum atomic E-state index is 13.1. The number of hydrogen-bond acceptors (Lipinski definition) is 9. The predicted molar refractivity (Wildman–Crippen MR) is 133 cm³/mol. The topological polar surface area (TPSA) is 277 Å². The van der Waals surface area contributed by atoms with Crippen molar-refractivity contribution < 1.29 is 29.1 Å². The molecule has 0 bridgehead atoms. The normalized spacial score (nSPS) is 14.1. The Morgan fingerprint density at radius 1 is 0.842 bits per heavy atom. The molecule has 0 radical (unpaired) electrons. The quantitative estimate of drug-likeness (QED) is 0.0915. The fourth-order valence-corrected chi connectivity index (χ4v) is 3.52. The zero-order valence-corrected chi connectivity index (χ0v) is 20.7. The molecule has 2 rings (SSSR count). The van der Waals surface area contributed by atoms with Gasteiger partial charge in [-0.1, -0.05) is 6.42 Å². The molecule has 0 aliphatic carbocycles. The van der Waals surface area contributed by atoms with Gasteiger partial charge in [0.05, 0.1) is 25.1 Å². The fraction of sp³-hybridized carbons (Fsp3) is 0.500. The molecule has 0 saturated heterocycles. The predicted octanol–water partition coefficient (Wildman–Crippen LogP) is -3.21. The van der Waals surface area contributed by atoms with E-state index in [0.29, 0.717) is 37.2 Å². The average molecular weight is 535 g/mol. The lowest BCUT2D eigenvalue weighted by molar-refractivity contribution is -0.142. The van der Waals surface area contributed by atoms with Crippen molar-refractivity contribution in [3.05, 3.63) is 36.4 Å². The first-order chi connectivity index (χ1) is 18.1. The van der Waals surface area contributed by atoms with Crippen LogP contribution in [0.5, 0.6) is 0 Å². The van der Waals surface area contributed by atoms with Gasteiger partial charge in [-0.05, 0) is 19.4 Å². The summed E-state index contributed by atoms with van der Waals surface area (Å²) >= 11 is 0. The lowest BCUT2D eigenvalue weighted by Gasteiger charge is -2.24. The van der Waals surface area contributed by atoms with Crippen molar-refractivity contribution in [1.29, 1.82) is 0 Å². The Hall–Kier alpha value is -4.31. The number of carbonyl (C=O) groups excluding carboxylic acids is 4. The van der Waals surface area contributed by atoms with E-state index in [0.717, 1.165) is 0 Å². The molecule has 2 aromatic rings. The molecule has 16 nitrogen and oxygen atoms in total. The molecule has 12 N–H and O–H groups in total. The van der Waals surface area contributed by atoms with Gasteiger partial charge in [-0.15, -0.1) is 0 Å². The van der Waals surface area contributed by atoms with Gasteiger partial charge in [-0.25, -0.2) is 14.8 Å². The Kier molecular flexibility index (Phi) is 11.9. The van der Waals surface area contributed by atoms with Crippen LogP contribution in [0.2, 0.25) is 0 Å². The summed E-state index contributed by atoms with van der Waals surface area (Å²) in [4.78, 5) is 75.3. The zero-order chi connectivity index (χ0) is 28.1. The molecule has 0 aliphatic heterocycles. The van der Waals surface area contributed by atoms with Crippen LogP contribution in [0.1, 0.15) is 37.1 Å². The number of carboxylic acids is 1. The molecule has 16 heteroatoms. The van der Waals surface area contributed by atoms with E-state index >= 15 is 0 Å². The molecule has 4 atom stereocenters. The highest BCUT2D eigenvalue weighted by molar-refractivity contribution is 5.96. The Labute approximate surface area is 217 Å². The van der Waals surface area contributed by atoms with Crippen LogP contribution in [-0.2, 0) is 36.8 Å². The number of nitrogens with zero attached hydrogens (tertiary/aromatic N) is 2. The molecule has 208 valence electrons. The average Bonchev–Trinajstić information content (AvgIpc) is 3.56. The second kappa shape index (κ2) is 15.1. The molecule has 0 aliphatic rings. The summed E-state index contributed by atoms with van der Waals surface area (Å²) in [5.41, 5.74) is 17.5. The summed E-state index contributed by atoms with van der Waals surface area (Å²) in [5, 5.41) is 16.9. The van der Waals surface area contributed by atoms with E-state index in [1.54, 1.807) is 0 Å². The monoisotopic (exact) mass is 534 g/mol. The summed E-state index contributed by atoms with van der Waals surface area (Å²) < 4.78 is 0. The number of carbonyl (C=O) groups is 5. The number of primary amides is 1. The van der Waals surface area contributed by atoms with Crippen LogP contribution in [0, 0.1) is 0 Å². The van der Waals surface area contributed by atoms with Crippen LogP contribution >= 0.6 is 0 Å². The van der Waals surface area contributed by atoms with Crippen molar-refractivity contribution in [2.45, 2.75) is 62.7 Å². The van der Waals surface area contributed by atoms with E-state index in [4.69, 9.17) is 17.2 Å². The van der Waals surface area contributed by atoms with Crippen LogP contribution in [-0.4, -0.2) is 85.4 Å². The number of amides is 4. The summed E-state index contributed by atoms with van der Waals surface area (Å²) in [6.07, 6.45) is 6.41. The Balaban J connectivity index is 2.16. The number of aromatic amines is 2. The minimum Gasteiger partial charge on any atom is -0.480 e. The minimum atomic E-state index is -1.42. The molecular weight excluding hydrogens is 500 g/mol. The Morgan fingerprint density at radius 3 is 1.87 bits per heavy atom. The SMILES string of the molecule is NCCCCC(N)C(=O)NC(CC(N)=O)C(=O)NC(Cc1cnc[nH]1)C(=O)NC(Cc1cnc[nH]1)C(=O)O. The van der Waals surface area contributed by atoms with Crippen molar-refractivity contribution >= 4 is 29.6 Å². The van der Waals surface area contributed by atoms with Gasteiger partial charge in [0.1, 0.15) is 18.1 Å². The number of rotatable bonds is 17. The minimum absolute atomic E-state index is 0.0891. The smallest absolute Gasteiger partial charge is 0.326 e. The number of aliphatic carboxylic acids is 1. The Bertz CT molecular complexity index is 1060. The number of nitrogens with two attached hydrogens (primary N) is 3. The molecule has 4 amide bonds. The van der Waals surface area contributed by atoms with Crippen molar-refractivity contribution in [1.82, 2.24) is 35.9 Å². The fourth-order valence-electron chi connectivity index (χ4n) is 3.52. The molecule has 0 aromatic carbocycles. The highest BCUT2D eigenvalue weighted by Crippen LogP contribution is 2.05. The summed E-state index contributed by atoms with van der Waals surface area (Å²) in [6.45, 7) is 0.436. The Morgan fingerprint density at radius 2 is 1.37 bits per heavy atom. The van der Waals surface area contributed by atoms with Gasteiger partial charge in [0.15, 0.2) is 0 Å². The highest BCUT2D eigenvalue weighted by atomic mass is 16.4. The van der Waals surface area contributed by atoms with Gasteiger partial charge in [0.25, 0.3) is 0 Å². The first-order valence-electron chi connectivity index (χ1n) is 11.9. The van der Waals surface area contributed by atoms with Gasteiger partial charge in [-0.3, -0.25) is 19.2 Å². The van der Waals surface area contributed by atoms with Crippen LogP contribution in [0.4, 0.5) is 0 Å². The number of aromatic nitrogens is 4. The van der Waals surface area contributed by atoms with Crippen LogP contribution < -0.4 is 33.2 Å². The van der Waals surface area contributed by atoms with E-state index in [-0.39, 0.29) is 12.8 Å². The number of nitrogens with one attached hydrogen (secondary N) is 5. The molecular formula is C22H34N10O6. The largest absolute Gasteiger partial charge is 0.480 e. The zero-order valence-electron chi connectivity index (χ0n) is 20.7. The number of imidazole rings is 2. The third-order valence-corrected chi connectivity index (χ3v) is 5.55. The van der Waals surface area contributed by atoms with Crippen LogP contribution in [0.3, 0.4) is 0 Å². The van der Waals surface area contributed by atoms with E-state index in [1.165, 1.54) is 25.0 Å². The van der Waals surface area contributed by atoms with Crippen LogP contribution in [0.15, 0.2) is 25.0 Å². The first kappa shape index (κ1) is 29.9. The van der Waals surface area contributed by atoms with Crippen LogP contribution in [0.25, 0.3) is 0 Å². The summed E-state index contributed by atoms with van der Waals surface area (Å²) in [5.74, 6) is -4.55. The first-order valence-corrected chi connectivity index (χ1v) is 11.9. The molecule has 0 saturated carbocycles. The second-order valence-corrected chi connectivity index (χ2v) is 8.65. The highest BCUT2D eigenvalue weighted by Gasteiger charge is 2.31. The maximum absolute atomic E-state index is 13.1. The van der Waals surface area contributed by atoms with Gasteiger partial charge >= 0.3 is 5.97 Å². The van der Waals surface area contributed by atoms with E-state index in [2.05, 4.69) is 35.9 Å². The molecule has 2 heterocycles. The van der Waals surface area contributed by atoms with Gasteiger partial charge in [0, 0.05) is 36.6 Å². The number of H-pyrrole nitrogens is 2. The van der Waals surface area contributed by atoms with Crippen molar-refractivity contribution in [2.24, 2.45) is 17.2 Å². The van der Waals surface area contributed by atoms with Crippen molar-refractivity contribution in [2.75, 3.05) is 6.54 Å². The molecule has 0 fully saturated rings. The molecule has 0 spiro atoms. The van der Waals surface area contributed by atoms with Gasteiger partial charge in [0.2, 0.25) is 23.6 Å². The lowest BCUT2D eigenvalue weighted by atomic mass is 10.1. The summed E-state index contributed by atoms with van der Waals surface area (Å²) in [7, 11) is 0. The number of hydrogen-bond donors (Lipinski definition) is 9. The number of unbranched alkanes of at least 4 members (excludes halogenated alkanes) is 1. The molecule has 38 heavy (non-hydrogen) atoms. The van der Waals surface area contributed by atoms with Crippen molar-refractivity contribution in [3.63, 3.8) is 0 Å². The second-order valence-electron chi connectivity index (χ2n) is 8.65. The van der Waals surface area contributed by atoms with E-state index < -0.39 is 60.2 Å². The van der Waals surface area contributed by atoms with Crippen molar-refractivity contribution in [3.8, 4) is 0 Å². The third kappa shape index (κ3) is 9.98. The maximum Gasteiger partial charge on any atom is 0.326 e. The van der Waals surface area contributed by atoms with E-state index in [9.17, 15) is 29.1 Å².